The van der Waals surface area contributed by atoms with Gasteiger partial charge in [0.1, 0.15) is 17.1 Å². The number of nitriles is 1. The van der Waals surface area contributed by atoms with Crippen molar-refractivity contribution in [3.63, 3.8) is 0 Å². The number of rotatable bonds is 1. The molecule has 0 bridgehead atoms. The molecule has 0 saturated carbocycles. The molecule has 0 atom stereocenters. The molecule has 0 fully saturated rings. The van der Waals surface area contributed by atoms with Gasteiger partial charge >= 0.3 is 0 Å². The van der Waals surface area contributed by atoms with Crippen LogP contribution in [0.2, 0.25) is 5.15 Å². The second kappa shape index (κ2) is 4.13. The molecular weight excluding hydrogens is 248 g/mol. The fourth-order valence-electron chi connectivity index (χ4n) is 1.88. The van der Waals surface area contributed by atoms with Crippen molar-refractivity contribution in [3.8, 4) is 17.2 Å². The predicted molar refractivity (Wildman–Crippen MR) is 69.0 cm³/mol. The Morgan fingerprint density at radius 3 is 2.67 bits per heavy atom. The zero-order chi connectivity index (χ0) is 12.5. The van der Waals surface area contributed by atoms with Crippen molar-refractivity contribution in [1.29, 1.82) is 5.26 Å². The van der Waals surface area contributed by atoms with Gasteiger partial charge in [-0.3, -0.25) is 0 Å². The first-order valence-corrected chi connectivity index (χ1v) is 5.65. The molecule has 0 aliphatic carbocycles. The lowest BCUT2D eigenvalue weighted by atomic mass is 10.1. The molecule has 1 aromatic carbocycles. The third kappa shape index (κ3) is 1.62. The molecule has 0 saturated heterocycles. The molecule has 86 valence electrons. The Labute approximate surface area is 108 Å². The Kier molecular flexibility index (Phi) is 2.47. The first-order valence-electron chi connectivity index (χ1n) is 5.27. The van der Waals surface area contributed by atoms with E-state index in [1.165, 1.54) is 6.33 Å². The van der Waals surface area contributed by atoms with Crippen LogP contribution in [0, 0.1) is 11.3 Å². The molecule has 2 aromatic heterocycles. The van der Waals surface area contributed by atoms with E-state index in [1.54, 1.807) is 12.1 Å². The summed E-state index contributed by atoms with van der Waals surface area (Å²) in [5, 5.41) is 9.99. The zero-order valence-electron chi connectivity index (χ0n) is 9.18. The second-order valence-corrected chi connectivity index (χ2v) is 4.14. The maximum absolute atomic E-state index is 8.78. The van der Waals surface area contributed by atoms with Gasteiger partial charge in [0, 0.05) is 11.8 Å². The van der Waals surface area contributed by atoms with Crippen molar-refractivity contribution < 1.29 is 0 Å². The van der Waals surface area contributed by atoms with E-state index in [0.29, 0.717) is 16.4 Å². The quantitative estimate of drug-likeness (QED) is 0.679. The minimum atomic E-state index is 0.417. The smallest absolute Gasteiger partial charge is 0.142 e. The van der Waals surface area contributed by atoms with Crippen molar-refractivity contribution in [3.05, 3.63) is 47.5 Å². The Hall–Kier alpha value is -2.38. The Balaban J connectivity index is 2.22. The first kappa shape index (κ1) is 10.8. The molecule has 3 rings (SSSR count). The highest BCUT2D eigenvalue weighted by Crippen LogP contribution is 2.31. The van der Waals surface area contributed by atoms with Gasteiger partial charge < -0.3 is 4.98 Å². The number of nitrogens with zero attached hydrogens (tertiary/aromatic N) is 3. The lowest BCUT2D eigenvalue weighted by molar-refractivity contribution is 1.20. The molecule has 0 amide bonds. The van der Waals surface area contributed by atoms with Crippen LogP contribution in [0.3, 0.4) is 0 Å². The summed E-state index contributed by atoms with van der Waals surface area (Å²) >= 11 is 6.09. The van der Waals surface area contributed by atoms with Crippen LogP contribution in [0.5, 0.6) is 0 Å². The van der Waals surface area contributed by atoms with Crippen LogP contribution in [0.1, 0.15) is 5.56 Å². The normalized spacial score (nSPS) is 10.4. The van der Waals surface area contributed by atoms with E-state index < -0.39 is 0 Å². The summed E-state index contributed by atoms with van der Waals surface area (Å²) in [5.74, 6) is 0. The number of fused-ring (bicyclic) bond motifs is 1. The van der Waals surface area contributed by atoms with Gasteiger partial charge in [0.05, 0.1) is 17.0 Å². The van der Waals surface area contributed by atoms with Crippen molar-refractivity contribution in [1.82, 2.24) is 15.0 Å². The summed E-state index contributed by atoms with van der Waals surface area (Å²) in [6.07, 6.45) is 3.26. The van der Waals surface area contributed by atoms with Crippen molar-refractivity contribution in [2.75, 3.05) is 0 Å². The molecule has 5 heteroatoms. The monoisotopic (exact) mass is 254 g/mol. The lowest BCUT2D eigenvalue weighted by Crippen LogP contribution is -1.83. The van der Waals surface area contributed by atoms with Crippen LogP contribution in [-0.2, 0) is 0 Å². The summed E-state index contributed by atoms with van der Waals surface area (Å²) in [7, 11) is 0. The van der Waals surface area contributed by atoms with Crippen LogP contribution >= 0.6 is 11.6 Å². The topological polar surface area (TPSA) is 65.4 Å². The standard InChI is InChI=1S/C13H7ClN4/c14-12-11-10(6-16-13(11)18-7-17-12)9-3-1-8(5-15)2-4-9/h1-4,6-7H,(H,16,17,18). The molecule has 18 heavy (non-hydrogen) atoms. The fourth-order valence-corrected chi connectivity index (χ4v) is 2.11. The average Bonchev–Trinajstić information content (AvgIpc) is 2.84. The van der Waals surface area contributed by atoms with Gasteiger partial charge in [0.2, 0.25) is 0 Å². The molecule has 0 aliphatic heterocycles. The van der Waals surface area contributed by atoms with Gasteiger partial charge in [-0.15, -0.1) is 0 Å². The van der Waals surface area contributed by atoms with Gasteiger partial charge in [0.15, 0.2) is 0 Å². The van der Waals surface area contributed by atoms with E-state index in [-0.39, 0.29) is 0 Å². The molecule has 0 aliphatic rings. The molecule has 0 spiro atoms. The zero-order valence-corrected chi connectivity index (χ0v) is 9.94. The SMILES string of the molecule is N#Cc1ccc(-c2c[nH]c3ncnc(Cl)c23)cc1. The van der Waals surface area contributed by atoms with Crippen LogP contribution in [-0.4, -0.2) is 15.0 Å². The first-order chi connectivity index (χ1) is 8.79. The molecule has 3 aromatic rings. The van der Waals surface area contributed by atoms with Gasteiger partial charge in [-0.2, -0.15) is 5.26 Å². The predicted octanol–water partition coefficient (Wildman–Crippen LogP) is 3.15. The average molecular weight is 255 g/mol. The molecule has 1 N–H and O–H groups in total. The summed E-state index contributed by atoms with van der Waals surface area (Å²) in [4.78, 5) is 11.2. The molecule has 0 unspecified atom stereocenters. The number of hydrogen-bond donors (Lipinski definition) is 1. The summed E-state index contributed by atoms with van der Waals surface area (Å²) < 4.78 is 0. The van der Waals surface area contributed by atoms with E-state index in [9.17, 15) is 0 Å². The highest BCUT2D eigenvalue weighted by Gasteiger charge is 2.10. The number of hydrogen-bond acceptors (Lipinski definition) is 3. The maximum atomic E-state index is 8.78. The Bertz CT molecular complexity index is 753. The van der Waals surface area contributed by atoms with Crippen LogP contribution < -0.4 is 0 Å². The van der Waals surface area contributed by atoms with Crippen LogP contribution in [0.4, 0.5) is 0 Å². The summed E-state index contributed by atoms with van der Waals surface area (Å²) in [5.41, 5.74) is 3.23. The van der Waals surface area contributed by atoms with E-state index in [1.807, 2.05) is 18.3 Å². The van der Waals surface area contributed by atoms with Gasteiger partial charge in [-0.05, 0) is 17.7 Å². The highest BCUT2D eigenvalue weighted by molar-refractivity contribution is 6.35. The van der Waals surface area contributed by atoms with Gasteiger partial charge in [-0.1, -0.05) is 23.7 Å². The highest BCUT2D eigenvalue weighted by atomic mass is 35.5. The van der Waals surface area contributed by atoms with Crippen LogP contribution in [0.25, 0.3) is 22.2 Å². The number of H-pyrrole nitrogens is 1. The Morgan fingerprint density at radius 1 is 1.17 bits per heavy atom. The molecular formula is C13H7ClN4. The lowest BCUT2D eigenvalue weighted by Gasteiger charge is -2.00. The number of nitrogens with one attached hydrogen (secondary N) is 1. The van der Waals surface area contributed by atoms with E-state index in [4.69, 9.17) is 16.9 Å². The number of halogens is 1. The molecule has 4 nitrogen and oxygen atoms in total. The third-order valence-electron chi connectivity index (χ3n) is 2.75. The largest absolute Gasteiger partial charge is 0.345 e. The van der Waals surface area contributed by atoms with E-state index in [2.05, 4.69) is 21.0 Å². The van der Waals surface area contributed by atoms with E-state index >= 15 is 0 Å². The van der Waals surface area contributed by atoms with Gasteiger partial charge in [0.25, 0.3) is 0 Å². The Morgan fingerprint density at radius 2 is 1.94 bits per heavy atom. The summed E-state index contributed by atoms with van der Waals surface area (Å²) in [6, 6.07) is 9.39. The number of benzene rings is 1. The number of aromatic nitrogens is 3. The third-order valence-corrected chi connectivity index (χ3v) is 3.04. The maximum Gasteiger partial charge on any atom is 0.142 e. The van der Waals surface area contributed by atoms with Crippen molar-refractivity contribution in [2.24, 2.45) is 0 Å². The minimum Gasteiger partial charge on any atom is -0.345 e. The fraction of sp³-hybridized carbons (Fsp3) is 0. The van der Waals surface area contributed by atoms with E-state index in [0.717, 1.165) is 16.5 Å². The summed E-state index contributed by atoms with van der Waals surface area (Å²) in [6.45, 7) is 0. The van der Waals surface area contributed by atoms with Crippen LogP contribution in [0.15, 0.2) is 36.8 Å². The minimum absolute atomic E-state index is 0.417. The molecule has 2 heterocycles. The van der Waals surface area contributed by atoms with Gasteiger partial charge in [-0.25, -0.2) is 9.97 Å². The van der Waals surface area contributed by atoms with Crippen molar-refractivity contribution >= 4 is 22.6 Å². The second-order valence-electron chi connectivity index (χ2n) is 3.78. The number of aromatic amines is 1. The van der Waals surface area contributed by atoms with Crippen molar-refractivity contribution in [2.45, 2.75) is 0 Å². The molecule has 0 radical (unpaired) electrons.